The van der Waals surface area contributed by atoms with E-state index in [-0.39, 0.29) is 6.04 Å². The molecule has 4 rings (SSSR count). The molecule has 0 aliphatic carbocycles. The lowest BCUT2D eigenvalue weighted by atomic mass is 10.1. The Hall–Kier alpha value is -2.95. The van der Waals surface area contributed by atoms with Crippen molar-refractivity contribution in [2.45, 2.75) is 26.8 Å². The van der Waals surface area contributed by atoms with Gasteiger partial charge in [0, 0.05) is 11.8 Å². The summed E-state index contributed by atoms with van der Waals surface area (Å²) < 4.78 is 4.03. The highest BCUT2D eigenvalue weighted by atomic mass is 15.3. The molecule has 0 bridgehead atoms. The molecule has 0 fully saturated rings. The Morgan fingerprint density at radius 1 is 0.958 bits per heavy atom. The van der Waals surface area contributed by atoms with E-state index in [2.05, 4.69) is 77.8 Å². The average molecular weight is 317 g/mol. The average Bonchev–Trinajstić information content (AvgIpc) is 3.22. The third-order valence-electron chi connectivity index (χ3n) is 4.36. The van der Waals surface area contributed by atoms with Crippen LogP contribution in [-0.4, -0.2) is 24.1 Å². The molecule has 0 N–H and O–H groups in total. The molecular formula is C19H19N5. The minimum absolute atomic E-state index is 0.0283. The zero-order chi connectivity index (χ0) is 16.7. The van der Waals surface area contributed by atoms with Crippen LogP contribution in [0.4, 0.5) is 0 Å². The van der Waals surface area contributed by atoms with E-state index >= 15 is 0 Å². The van der Waals surface area contributed by atoms with Crippen molar-refractivity contribution in [2.24, 2.45) is 0 Å². The molecule has 4 aromatic rings. The van der Waals surface area contributed by atoms with Gasteiger partial charge in [-0.2, -0.15) is 5.10 Å². The molecule has 0 aliphatic rings. The van der Waals surface area contributed by atoms with Crippen molar-refractivity contribution in [3.05, 3.63) is 72.1 Å². The molecule has 0 saturated carbocycles. The summed E-state index contributed by atoms with van der Waals surface area (Å²) in [7, 11) is 0. The molecule has 5 nitrogen and oxygen atoms in total. The van der Waals surface area contributed by atoms with Gasteiger partial charge in [0.15, 0.2) is 0 Å². The van der Waals surface area contributed by atoms with Gasteiger partial charge in [-0.15, -0.1) is 0 Å². The van der Waals surface area contributed by atoms with E-state index in [1.54, 1.807) is 12.7 Å². The number of pyridine rings is 1. The van der Waals surface area contributed by atoms with Gasteiger partial charge in [0.2, 0.25) is 0 Å². The van der Waals surface area contributed by atoms with Crippen molar-refractivity contribution >= 4 is 5.65 Å². The van der Waals surface area contributed by atoms with Gasteiger partial charge in [0.05, 0.1) is 17.4 Å². The fourth-order valence-corrected chi connectivity index (χ4v) is 3.03. The number of hydrogen-bond acceptors (Lipinski definition) is 3. The van der Waals surface area contributed by atoms with Crippen LogP contribution in [0.3, 0.4) is 0 Å². The zero-order valence-electron chi connectivity index (χ0n) is 14.0. The van der Waals surface area contributed by atoms with E-state index < -0.39 is 0 Å². The number of nitrogens with zero attached hydrogens (tertiary/aromatic N) is 5. The standard InChI is InChI=1S/C19H19N5/c1-13-4-7-16(8-5-13)18-19(15(3)24-12-20-11-21-24)23-10-14(2)6-9-17(23)22-18/h4-12,15H,1-3H3/t15-/m0/s1. The first-order valence-electron chi connectivity index (χ1n) is 8.03. The molecule has 3 heterocycles. The van der Waals surface area contributed by atoms with Crippen molar-refractivity contribution in [1.82, 2.24) is 24.1 Å². The van der Waals surface area contributed by atoms with Crippen LogP contribution in [0.2, 0.25) is 0 Å². The number of benzene rings is 1. The molecular weight excluding hydrogens is 298 g/mol. The maximum atomic E-state index is 4.89. The van der Waals surface area contributed by atoms with Crippen LogP contribution < -0.4 is 0 Å². The smallest absolute Gasteiger partial charge is 0.137 e. The Morgan fingerprint density at radius 3 is 2.42 bits per heavy atom. The molecule has 1 aromatic carbocycles. The molecule has 0 amide bonds. The van der Waals surface area contributed by atoms with Crippen LogP contribution in [0.5, 0.6) is 0 Å². The Labute approximate surface area is 140 Å². The van der Waals surface area contributed by atoms with Crippen LogP contribution >= 0.6 is 0 Å². The third kappa shape index (κ3) is 2.38. The summed E-state index contributed by atoms with van der Waals surface area (Å²) in [5.41, 5.74) is 6.60. The van der Waals surface area contributed by atoms with E-state index in [9.17, 15) is 0 Å². The van der Waals surface area contributed by atoms with Crippen LogP contribution in [0.1, 0.15) is 29.8 Å². The molecule has 3 aromatic heterocycles. The van der Waals surface area contributed by atoms with Crippen molar-refractivity contribution in [2.75, 3.05) is 0 Å². The molecule has 0 radical (unpaired) electrons. The van der Waals surface area contributed by atoms with Crippen molar-refractivity contribution in [3.8, 4) is 11.3 Å². The second kappa shape index (κ2) is 5.60. The third-order valence-corrected chi connectivity index (χ3v) is 4.36. The van der Waals surface area contributed by atoms with Gasteiger partial charge < -0.3 is 4.40 Å². The van der Waals surface area contributed by atoms with Gasteiger partial charge in [0.1, 0.15) is 18.3 Å². The molecule has 0 aliphatic heterocycles. The van der Waals surface area contributed by atoms with Crippen molar-refractivity contribution in [1.29, 1.82) is 0 Å². The lowest BCUT2D eigenvalue weighted by molar-refractivity contribution is 0.547. The van der Waals surface area contributed by atoms with Gasteiger partial charge in [-0.25, -0.2) is 14.6 Å². The number of rotatable bonds is 3. The van der Waals surface area contributed by atoms with Gasteiger partial charge in [-0.1, -0.05) is 35.9 Å². The summed E-state index contributed by atoms with van der Waals surface area (Å²) >= 11 is 0. The van der Waals surface area contributed by atoms with Gasteiger partial charge in [-0.3, -0.25) is 0 Å². The minimum atomic E-state index is 0.0283. The fourth-order valence-electron chi connectivity index (χ4n) is 3.03. The summed E-state index contributed by atoms with van der Waals surface area (Å²) in [6.07, 6.45) is 5.44. The highest BCUT2D eigenvalue weighted by molar-refractivity contribution is 5.67. The SMILES string of the molecule is Cc1ccc(-c2nc3ccc(C)cn3c2[C@H](C)n2cncn2)cc1. The predicted molar refractivity (Wildman–Crippen MR) is 93.9 cm³/mol. The van der Waals surface area contributed by atoms with Crippen molar-refractivity contribution < 1.29 is 0 Å². The maximum absolute atomic E-state index is 4.89. The van der Waals surface area contributed by atoms with Crippen LogP contribution in [0.25, 0.3) is 16.9 Å². The Kier molecular flexibility index (Phi) is 3.41. The molecule has 0 spiro atoms. The van der Waals surface area contributed by atoms with Gasteiger partial charge in [0.25, 0.3) is 0 Å². The van der Waals surface area contributed by atoms with E-state index in [0.29, 0.717) is 0 Å². The summed E-state index contributed by atoms with van der Waals surface area (Å²) in [5.74, 6) is 0. The molecule has 1 atom stereocenters. The first-order valence-corrected chi connectivity index (χ1v) is 8.03. The second-order valence-corrected chi connectivity index (χ2v) is 6.20. The Bertz CT molecular complexity index is 981. The summed E-state index contributed by atoms with van der Waals surface area (Å²) in [5, 5.41) is 4.31. The monoisotopic (exact) mass is 317 g/mol. The summed E-state index contributed by atoms with van der Waals surface area (Å²) in [6.45, 7) is 6.31. The van der Waals surface area contributed by atoms with Crippen LogP contribution in [0.15, 0.2) is 55.2 Å². The molecule has 120 valence electrons. The summed E-state index contributed by atoms with van der Waals surface area (Å²) in [6, 6.07) is 12.7. The Balaban J connectivity index is 1.98. The second-order valence-electron chi connectivity index (χ2n) is 6.20. The maximum Gasteiger partial charge on any atom is 0.137 e. The molecule has 24 heavy (non-hydrogen) atoms. The van der Waals surface area contributed by atoms with E-state index in [4.69, 9.17) is 4.98 Å². The zero-order valence-corrected chi connectivity index (χ0v) is 14.0. The number of aryl methyl sites for hydroxylation is 2. The van der Waals surface area contributed by atoms with Crippen molar-refractivity contribution in [3.63, 3.8) is 0 Å². The number of hydrogen-bond donors (Lipinski definition) is 0. The molecule has 5 heteroatoms. The predicted octanol–water partition coefficient (Wildman–Crippen LogP) is 3.82. The fraction of sp³-hybridized carbons (Fsp3) is 0.211. The van der Waals surface area contributed by atoms with E-state index in [1.807, 2.05) is 4.68 Å². The normalized spacial score (nSPS) is 12.6. The Morgan fingerprint density at radius 2 is 1.71 bits per heavy atom. The number of fused-ring (bicyclic) bond motifs is 1. The number of imidazole rings is 1. The lowest BCUT2D eigenvalue weighted by Crippen LogP contribution is -2.11. The van der Waals surface area contributed by atoms with Crippen LogP contribution in [0, 0.1) is 13.8 Å². The topological polar surface area (TPSA) is 48.0 Å². The lowest BCUT2D eigenvalue weighted by Gasteiger charge is -2.14. The minimum Gasteiger partial charge on any atom is -0.301 e. The van der Waals surface area contributed by atoms with E-state index in [0.717, 1.165) is 22.6 Å². The largest absolute Gasteiger partial charge is 0.301 e. The van der Waals surface area contributed by atoms with E-state index in [1.165, 1.54) is 11.1 Å². The first kappa shape index (κ1) is 14.6. The highest BCUT2D eigenvalue weighted by Crippen LogP contribution is 2.31. The number of aromatic nitrogens is 5. The van der Waals surface area contributed by atoms with Crippen LogP contribution in [-0.2, 0) is 0 Å². The molecule has 0 saturated heterocycles. The highest BCUT2D eigenvalue weighted by Gasteiger charge is 2.21. The first-order chi connectivity index (χ1) is 11.6. The van der Waals surface area contributed by atoms with Gasteiger partial charge in [-0.05, 0) is 32.4 Å². The molecule has 0 unspecified atom stereocenters. The van der Waals surface area contributed by atoms with Gasteiger partial charge >= 0.3 is 0 Å². The summed E-state index contributed by atoms with van der Waals surface area (Å²) in [4.78, 5) is 8.97. The quantitative estimate of drug-likeness (QED) is 0.577.